The predicted octanol–water partition coefficient (Wildman–Crippen LogP) is 5.05. The van der Waals surface area contributed by atoms with Crippen LogP contribution in [0.25, 0.3) is 22.0 Å². The third-order valence-corrected chi connectivity index (χ3v) is 4.08. The summed E-state index contributed by atoms with van der Waals surface area (Å²) in [6, 6.07) is 22.0. The highest BCUT2D eigenvalue weighted by molar-refractivity contribution is 5.95. The average Bonchev–Trinajstić information content (AvgIpc) is 2.69. The second-order valence-electron chi connectivity index (χ2n) is 5.66. The molecule has 0 bridgehead atoms. The van der Waals surface area contributed by atoms with Crippen LogP contribution in [0.1, 0.15) is 0 Å². The highest BCUT2D eigenvalue weighted by Gasteiger charge is 2.06. The zero-order valence-corrected chi connectivity index (χ0v) is 13.8. The van der Waals surface area contributed by atoms with E-state index in [9.17, 15) is 0 Å². The van der Waals surface area contributed by atoms with Crippen LogP contribution in [-0.4, -0.2) is 17.1 Å². The van der Waals surface area contributed by atoms with Crippen LogP contribution in [0.2, 0.25) is 0 Å². The first kappa shape index (κ1) is 15.1. The minimum absolute atomic E-state index is 0.810. The van der Waals surface area contributed by atoms with E-state index in [0.29, 0.717) is 0 Å². The molecule has 0 aliphatic rings. The molecule has 0 atom stereocenters. The summed E-state index contributed by atoms with van der Waals surface area (Å²) in [4.78, 5) is 8.95. The van der Waals surface area contributed by atoms with Gasteiger partial charge in [-0.1, -0.05) is 24.3 Å². The van der Waals surface area contributed by atoms with Gasteiger partial charge in [-0.15, -0.1) is 0 Å². The lowest BCUT2D eigenvalue weighted by Crippen LogP contribution is -1.94. The molecular formula is C21H17N3O. The van der Waals surface area contributed by atoms with E-state index in [-0.39, 0.29) is 0 Å². The summed E-state index contributed by atoms with van der Waals surface area (Å²) in [5.74, 6) is 1.65. The van der Waals surface area contributed by atoms with Gasteiger partial charge in [0.2, 0.25) is 0 Å². The molecule has 25 heavy (non-hydrogen) atoms. The van der Waals surface area contributed by atoms with Crippen molar-refractivity contribution in [3.05, 3.63) is 79.1 Å². The number of fused-ring (bicyclic) bond motifs is 1. The molecule has 4 rings (SSSR count). The summed E-state index contributed by atoms with van der Waals surface area (Å²) >= 11 is 0. The Morgan fingerprint density at radius 1 is 0.840 bits per heavy atom. The molecule has 122 valence electrons. The van der Waals surface area contributed by atoms with Crippen LogP contribution in [-0.2, 0) is 0 Å². The second-order valence-corrected chi connectivity index (χ2v) is 5.66. The summed E-state index contributed by atoms with van der Waals surface area (Å²) in [6.07, 6.45) is 3.67. The summed E-state index contributed by atoms with van der Waals surface area (Å²) in [5, 5.41) is 4.43. The Labute approximate surface area is 146 Å². The Balaban J connectivity index is 1.76. The fourth-order valence-electron chi connectivity index (χ4n) is 2.77. The highest BCUT2D eigenvalue weighted by atomic mass is 16.5. The quantitative estimate of drug-likeness (QED) is 0.570. The average molecular weight is 327 g/mol. The lowest BCUT2D eigenvalue weighted by atomic mass is 10.0. The Morgan fingerprint density at radius 3 is 2.48 bits per heavy atom. The first-order chi connectivity index (χ1) is 12.3. The van der Waals surface area contributed by atoms with E-state index >= 15 is 0 Å². The molecule has 4 nitrogen and oxygen atoms in total. The fourth-order valence-corrected chi connectivity index (χ4v) is 2.77. The first-order valence-corrected chi connectivity index (χ1v) is 8.05. The predicted molar refractivity (Wildman–Crippen MR) is 101 cm³/mol. The van der Waals surface area contributed by atoms with E-state index in [0.717, 1.165) is 39.3 Å². The summed E-state index contributed by atoms with van der Waals surface area (Å²) in [7, 11) is 1.67. The van der Waals surface area contributed by atoms with Gasteiger partial charge in [-0.2, -0.15) is 0 Å². The van der Waals surface area contributed by atoms with Gasteiger partial charge in [-0.25, -0.2) is 4.98 Å². The second kappa shape index (κ2) is 6.61. The van der Waals surface area contributed by atoms with Crippen LogP contribution in [0.4, 0.5) is 11.5 Å². The molecule has 0 radical (unpaired) electrons. The monoisotopic (exact) mass is 327 g/mol. The van der Waals surface area contributed by atoms with Crippen molar-refractivity contribution < 1.29 is 4.74 Å². The maximum absolute atomic E-state index is 5.23. The number of pyridine rings is 2. The van der Waals surface area contributed by atoms with Gasteiger partial charge in [0.25, 0.3) is 0 Å². The number of ether oxygens (including phenoxy) is 1. The van der Waals surface area contributed by atoms with Crippen LogP contribution in [0.3, 0.4) is 0 Å². The third kappa shape index (κ3) is 3.15. The summed E-state index contributed by atoms with van der Waals surface area (Å²) in [5.41, 5.74) is 4.09. The van der Waals surface area contributed by atoms with E-state index in [1.165, 1.54) is 0 Å². The maximum atomic E-state index is 5.23. The van der Waals surface area contributed by atoms with Crippen molar-refractivity contribution in [3.8, 4) is 16.9 Å². The number of aromatic nitrogens is 2. The zero-order chi connectivity index (χ0) is 17.1. The molecule has 0 amide bonds. The van der Waals surface area contributed by atoms with Crippen molar-refractivity contribution in [1.29, 1.82) is 0 Å². The number of nitrogens with zero attached hydrogens (tertiary/aromatic N) is 2. The van der Waals surface area contributed by atoms with Gasteiger partial charge in [0.15, 0.2) is 0 Å². The van der Waals surface area contributed by atoms with Crippen LogP contribution in [0.5, 0.6) is 5.75 Å². The van der Waals surface area contributed by atoms with Crippen LogP contribution in [0.15, 0.2) is 79.1 Å². The third-order valence-electron chi connectivity index (χ3n) is 4.08. The van der Waals surface area contributed by atoms with E-state index in [4.69, 9.17) is 4.74 Å². The minimum Gasteiger partial charge on any atom is -0.497 e. The van der Waals surface area contributed by atoms with Gasteiger partial charge in [-0.3, -0.25) is 4.98 Å². The molecule has 4 heteroatoms. The normalized spacial score (nSPS) is 10.6. The molecular weight excluding hydrogens is 310 g/mol. The Bertz CT molecular complexity index is 998. The fraction of sp³-hybridized carbons (Fsp3) is 0.0476. The molecule has 0 saturated heterocycles. The molecule has 2 aromatic heterocycles. The van der Waals surface area contributed by atoms with Crippen LogP contribution in [0, 0.1) is 0 Å². The van der Waals surface area contributed by atoms with Gasteiger partial charge in [-0.05, 0) is 48.0 Å². The molecule has 0 aliphatic heterocycles. The van der Waals surface area contributed by atoms with E-state index in [1.54, 1.807) is 13.3 Å². The molecule has 4 aromatic rings. The highest BCUT2D eigenvalue weighted by Crippen LogP contribution is 2.29. The number of hydrogen-bond acceptors (Lipinski definition) is 4. The Kier molecular flexibility index (Phi) is 4.01. The standard InChI is InChI=1S/C21H17N3O/c1-25-17-10-8-15(9-11-17)16-13-18-19(23-14-16)5-4-6-20(18)24-21-7-2-3-12-22-21/h2-14H,1H3,(H,22,24). The lowest BCUT2D eigenvalue weighted by Gasteiger charge is -2.10. The van der Waals surface area contributed by atoms with Gasteiger partial charge in [0.05, 0.1) is 12.6 Å². The molecule has 1 N–H and O–H groups in total. The Hall–Kier alpha value is -3.40. The SMILES string of the molecule is COc1ccc(-c2cnc3cccc(Nc4ccccn4)c3c2)cc1. The number of benzene rings is 2. The first-order valence-electron chi connectivity index (χ1n) is 8.05. The molecule has 0 spiro atoms. The number of hydrogen-bond donors (Lipinski definition) is 1. The van der Waals surface area contributed by atoms with Gasteiger partial charge in [0.1, 0.15) is 11.6 Å². The number of methoxy groups -OCH3 is 1. The topological polar surface area (TPSA) is 47.0 Å². The van der Waals surface area contributed by atoms with Gasteiger partial charge in [0, 0.05) is 29.0 Å². The van der Waals surface area contributed by atoms with Crippen molar-refractivity contribution in [3.63, 3.8) is 0 Å². The molecule has 2 heterocycles. The number of anilines is 2. The summed E-state index contributed by atoms with van der Waals surface area (Å²) in [6.45, 7) is 0. The van der Waals surface area contributed by atoms with Gasteiger partial charge < -0.3 is 10.1 Å². The number of rotatable bonds is 4. The van der Waals surface area contributed by atoms with E-state index in [1.807, 2.05) is 66.9 Å². The lowest BCUT2D eigenvalue weighted by molar-refractivity contribution is 0.415. The Morgan fingerprint density at radius 2 is 1.72 bits per heavy atom. The van der Waals surface area contributed by atoms with Crippen molar-refractivity contribution in [2.45, 2.75) is 0 Å². The van der Waals surface area contributed by atoms with E-state index in [2.05, 4.69) is 21.4 Å². The maximum Gasteiger partial charge on any atom is 0.130 e. The zero-order valence-electron chi connectivity index (χ0n) is 13.8. The number of nitrogens with one attached hydrogen (secondary N) is 1. The van der Waals surface area contributed by atoms with E-state index < -0.39 is 0 Å². The van der Waals surface area contributed by atoms with Crippen molar-refractivity contribution >= 4 is 22.4 Å². The molecule has 0 fully saturated rings. The summed E-state index contributed by atoms with van der Waals surface area (Å²) < 4.78 is 5.23. The van der Waals surface area contributed by atoms with Crippen LogP contribution >= 0.6 is 0 Å². The van der Waals surface area contributed by atoms with Crippen molar-refractivity contribution in [2.24, 2.45) is 0 Å². The molecule has 0 saturated carbocycles. The van der Waals surface area contributed by atoms with Crippen molar-refractivity contribution in [2.75, 3.05) is 12.4 Å². The van der Waals surface area contributed by atoms with Crippen LogP contribution < -0.4 is 10.1 Å². The smallest absolute Gasteiger partial charge is 0.130 e. The minimum atomic E-state index is 0.810. The van der Waals surface area contributed by atoms with Crippen molar-refractivity contribution in [1.82, 2.24) is 9.97 Å². The van der Waals surface area contributed by atoms with Gasteiger partial charge >= 0.3 is 0 Å². The molecule has 0 unspecified atom stereocenters. The molecule has 0 aliphatic carbocycles. The largest absolute Gasteiger partial charge is 0.497 e. The molecule has 2 aromatic carbocycles.